The maximum absolute atomic E-state index is 13.6. The lowest BCUT2D eigenvalue weighted by Crippen LogP contribution is -2.31. The number of H-pyrrole nitrogens is 1. The van der Waals surface area contributed by atoms with Crippen LogP contribution in [0.1, 0.15) is 73.3 Å². The number of ether oxygens (including phenoxy) is 3. The summed E-state index contributed by atoms with van der Waals surface area (Å²) in [5.74, 6) is 1.14. The first-order chi connectivity index (χ1) is 18.3. The van der Waals surface area contributed by atoms with Crippen molar-refractivity contribution in [3.63, 3.8) is 0 Å². The number of rotatable bonds is 12. The zero-order valence-electron chi connectivity index (χ0n) is 22.6. The van der Waals surface area contributed by atoms with Crippen LogP contribution in [0.15, 0.2) is 30.3 Å². The highest BCUT2D eigenvalue weighted by Crippen LogP contribution is 2.46. The highest BCUT2D eigenvalue weighted by Gasteiger charge is 2.42. The van der Waals surface area contributed by atoms with Gasteiger partial charge in [-0.1, -0.05) is 31.0 Å². The number of nitrogens with one attached hydrogen (secondary N) is 1. The van der Waals surface area contributed by atoms with E-state index in [-0.39, 0.29) is 17.8 Å². The summed E-state index contributed by atoms with van der Waals surface area (Å²) < 4.78 is 17.3. The summed E-state index contributed by atoms with van der Waals surface area (Å²) in [5, 5.41) is 18.7. The monoisotopic (exact) mass is 541 g/mol. The second-order valence-corrected chi connectivity index (χ2v) is 10.2. The normalized spacial score (nSPS) is 14.9. The predicted octanol–water partition coefficient (Wildman–Crippen LogP) is 6.29. The van der Waals surface area contributed by atoms with E-state index in [2.05, 4.69) is 17.1 Å². The lowest BCUT2D eigenvalue weighted by atomic mass is 9.95. The summed E-state index contributed by atoms with van der Waals surface area (Å²) in [6.45, 7) is 9.53. The topological polar surface area (TPSA) is 96.9 Å². The average molecular weight is 542 g/mol. The second kappa shape index (κ2) is 12.1. The number of carbonyl (C=O) groups excluding carboxylic acids is 1. The van der Waals surface area contributed by atoms with Crippen LogP contribution in [0.3, 0.4) is 0 Å². The number of nitrogens with zero attached hydrogens (tertiary/aromatic N) is 2. The molecule has 0 fully saturated rings. The summed E-state index contributed by atoms with van der Waals surface area (Å²) in [5.41, 5.74) is 3.64. The molecule has 1 amide bonds. The van der Waals surface area contributed by atoms with E-state index < -0.39 is 6.04 Å². The van der Waals surface area contributed by atoms with E-state index in [1.807, 2.05) is 43.9 Å². The SMILES string of the molecule is CCCCOc1ccc(C2c3c(-c4cc(Cl)c(C)cc4O)n[nH]c3C(=O)N2CCCOC(C)C)cc1OC. The molecular weight excluding hydrogens is 506 g/mol. The van der Waals surface area contributed by atoms with Crippen LogP contribution in [0.5, 0.6) is 17.2 Å². The van der Waals surface area contributed by atoms with Gasteiger partial charge in [0, 0.05) is 29.3 Å². The van der Waals surface area contributed by atoms with Gasteiger partial charge in [-0.2, -0.15) is 5.10 Å². The van der Waals surface area contributed by atoms with Gasteiger partial charge in [-0.15, -0.1) is 0 Å². The van der Waals surface area contributed by atoms with Crippen molar-refractivity contribution in [2.75, 3.05) is 26.9 Å². The molecule has 9 heteroatoms. The van der Waals surface area contributed by atoms with E-state index in [4.69, 9.17) is 25.8 Å². The largest absolute Gasteiger partial charge is 0.507 e. The van der Waals surface area contributed by atoms with Crippen molar-refractivity contribution in [1.29, 1.82) is 0 Å². The minimum absolute atomic E-state index is 0.0495. The number of phenols is 1. The minimum atomic E-state index is -0.455. The maximum atomic E-state index is 13.6. The Morgan fingerprint density at radius 2 is 1.95 bits per heavy atom. The van der Waals surface area contributed by atoms with E-state index in [0.717, 1.165) is 24.0 Å². The third kappa shape index (κ3) is 5.61. The van der Waals surface area contributed by atoms with E-state index in [0.29, 0.717) is 65.2 Å². The quantitative estimate of drug-likeness (QED) is 0.261. The Morgan fingerprint density at radius 3 is 2.66 bits per heavy atom. The van der Waals surface area contributed by atoms with Crippen LogP contribution in [0, 0.1) is 6.92 Å². The summed E-state index contributed by atoms with van der Waals surface area (Å²) in [7, 11) is 1.60. The van der Waals surface area contributed by atoms with Crippen molar-refractivity contribution in [2.24, 2.45) is 0 Å². The molecule has 0 aliphatic carbocycles. The number of aromatic nitrogens is 2. The van der Waals surface area contributed by atoms with Gasteiger partial charge in [0.2, 0.25) is 0 Å². The molecule has 2 heterocycles. The van der Waals surface area contributed by atoms with Gasteiger partial charge in [-0.25, -0.2) is 0 Å². The first-order valence-corrected chi connectivity index (χ1v) is 13.5. The maximum Gasteiger partial charge on any atom is 0.273 e. The zero-order chi connectivity index (χ0) is 27.4. The number of phenolic OH excluding ortho intramolecular Hbond substituents is 1. The number of hydrogen-bond donors (Lipinski definition) is 2. The Labute approximate surface area is 228 Å². The van der Waals surface area contributed by atoms with Gasteiger partial charge >= 0.3 is 0 Å². The fourth-order valence-corrected chi connectivity index (χ4v) is 4.85. The van der Waals surface area contributed by atoms with Gasteiger partial charge < -0.3 is 24.2 Å². The van der Waals surface area contributed by atoms with Crippen molar-refractivity contribution in [2.45, 2.75) is 59.1 Å². The summed E-state index contributed by atoms with van der Waals surface area (Å²) in [4.78, 5) is 15.4. The number of carbonyl (C=O) groups is 1. The molecule has 0 spiro atoms. The number of amides is 1. The first kappa shape index (κ1) is 27.8. The number of methoxy groups -OCH3 is 1. The van der Waals surface area contributed by atoms with Gasteiger partial charge in [0.05, 0.1) is 25.9 Å². The number of hydrogen-bond acceptors (Lipinski definition) is 6. The summed E-state index contributed by atoms with van der Waals surface area (Å²) >= 11 is 6.41. The van der Waals surface area contributed by atoms with E-state index in [1.54, 1.807) is 19.2 Å². The van der Waals surface area contributed by atoms with E-state index >= 15 is 0 Å². The number of halogens is 1. The molecule has 38 heavy (non-hydrogen) atoms. The fourth-order valence-electron chi connectivity index (χ4n) is 4.69. The number of fused-ring (bicyclic) bond motifs is 1. The van der Waals surface area contributed by atoms with Gasteiger partial charge in [0.15, 0.2) is 11.5 Å². The van der Waals surface area contributed by atoms with Gasteiger partial charge in [0.25, 0.3) is 5.91 Å². The Balaban J connectivity index is 1.78. The van der Waals surface area contributed by atoms with Crippen molar-refractivity contribution >= 4 is 17.5 Å². The molecule has 0 bridgehead atoms. The molecule has 1 atom stereocenters. The highest BCUT2D eigenvalue weighted by atomic mass is 35.5. The van der Waals surface area contributed by atoms with E-state index in [9.17, 15) is 9.90 Å². The Hall–Kier alpha value is -3.23. The fraction of sp³-hybridized carbons (Fsp3) is 0.448. The molecule has 1 aromatic heterocycles. The van der Waals surface area contributed by atoms with Gasteiger partial charge in [-0.3, -0.25) is 9.89 Å². The summed E-state index contributed by atoms with van der Waals surface area (Å²) in [6.07, 6.45) is 2.76. The number of aromatic hydroxyl groups is 1. The summed E-state index contributed by atoms with van der Waals surface area (Å²) in [6, 6.07) is 8.58. The second-order valence-electron chi connectivity index (χ2n) is 9.77. The molecular formula is C29H36ClN3O5. The van der Waals surface area contributed by atoms with Crippen LogP contribution in [0.4, 0.5) is 0 Å². The molecule has 1 unspecified atom stereocenters. The van der Waals surface area contributed by atoms with E-state index in [1.165, 1.54) is 0 Å². The molecule has 3 aromatic rings. The van der Waals surface area contributed by atoms with Crippen molar-refractivity contribution in [3.05, 3.63) is 57.7 Å². The number of aryl methyl sites for hydroxylation is 1. The molecule has 204 valence electrons. The third-order valence-electron chi connectivity index (χ3n) is 6.65. The minimum Gasteiger partial charge on any atom is -0.507 e. The van der Waals surface area contributed by atoms with Crippen molar-refractivity contribution in [3.8, 4) is 28.5 Å². The van der Waals surface area contributed by atoms with Crippen LogP contribution < -0.4 is 9.47 Å². The lowest BCUT2D eigenvalue weighted by Gasteiger charge is -2.27. The molecule has 8 nitrogen and oxygen atoms in total. The van der Waals surface area contributed by atoms with Crippen LogP contribution >= 0.6 is 11.6 Å². The molecule has 4 rings (SSSR count). The standard InChI is InChI=1S/C29H36ClN3O5/c1-6-7-12-38-23-10-9-19(15-24(23)36-5)28-25-26(20-16-21(30)18(4)14-22(20)34)31-32-27(25)29(35)33(28)11-8-13-37-17(2)3/h9-10,14-17,28,34H,6-8,11-13H2,1-5H3,(H,31,32). The molecule has 0 saturated carbocycles. The van der Waals surface area contributed by atoms with Gasteiger partial charge in [0.1, 0.15) is 17.1 Å². The highest BCUT2D eigenvalue weighted by molar-refractivity contribution is 6.31. The Morgan fingerprint density at radius 1 is 1.16 bits per heavy atom. The number of aromatic amines is 1. The third-order valence-corrected chi connectivity index (χ3v) is 7.06. The molecule has 2 aromatic carbocycles. The van der Waals surface area contributed by atoms with Gasteiger partial charge in [-0.05, 0) is 69.0 Å². The number of unbranched alkanes of at least 4 members (excludes halogenated alkanes) is 1. The van der Waals surface area contributed by atoms with Crippen LogP contribution in [-0.4, -0.2) is 59.1 Å². The Bertz CT molecular complexity index is 1290. The van der Waals surface area contributed by atoms with Crippen LogP contribution in [0.2, 0.25) is 5.02 Å². The average Bonchev–Trinajstić information content (AvgIpc) is 3.43. The first-order valence-electron chi connectivity index (χ1n) is 13.1. The number of benzene rings is 2. The smallest absolute Gasteiger partial charge is 0.273 e. The molecule has 0 saturated heterocycles. The molecule has 2 N–H and O–H groups in total. The lowest BCUT2D eigenvalue weighted by molar-refractivity contribution is 0.0601. The molecule has 1 aliphatic heterocycles. The zero-order valence-corrected chi connectivity index (χ0v) is 23.4. The molecule has 1 aliphatic rings. The van der Waals surface area contributed by atoms with Crippen LogP contribution in [-0.2, 0) is 4.74 Å². The Kier molecular flexibility index (Phi) is 8.84. The van der Waals surface area contributed by atoms with Crippen LogP contribution in [0.25, 0.3) is 11.3 Å². The molecule has 0 radical (unpaired) electrons. The van der Waals surface area contributed by atoms with Crippen molar-refractivity contribution < 1.29 is 24.1 Å². The predicted molar refractivity (Wildman–Crippen MR) is 147 cm³/mol. The van der Waals surface area contributed by atoms with Crippen molar-refractivity contribution in [1.82, 2.24) is 15.1 Å².